The van der Waals surface area contributed by atoms with E-state index in [4.69, 9.17) is 0 Å². The summed E-state index contributed by atoms with van der Waals surface area (Å²) in [6, 6.07) is -1.01. The molecule has 18 heavy (non-hydrogen) atoms. The summed E-state index contributed by atoms with van der Waals surface area (Å²) in [4.78, 5) is 38.5. The van der Waals surface area contributed by atoms with Gasteiger partial charge in [-0.2, -0.15) is 0 Å². The molecule has 98 valence electrons. The SMILES string of the molecule is COC(=O)C(Cc1nc[nH]c1[N+](=O)[O-])NC(C)=O. The van der Waals surface area contributed by atoms with Crippen LogP contribution in [0.15, 0.2) is 6.33 Å². The van der Waals surface area contributed by atoms with E-state index in [9.17, 15) is 19.7 Å². The monoisotopic (exact) mass is 256 g/mol. The van der Waals surface area contributed by atoms with Gasteiger partial charge in [0.15, 0.2) is 6.33 Å². The smallest absolute Gasteiger partial charge is 0.343 e. The van der Waals surface area contributed by atoms with Crippen LogP contribution in [0.1, 0.15) is 12.6 Å². The maximum atomic E-state index is 11.4. The normalized spacial score (nSPS) is 11.7. The average molecular weight is 256 g/mol. The van der Waals surface area contributed by atoms with Gasteiger partial charge in [0.25, 0.3) is 0 Å². The van der Waals surface area contributed by atoms with Crippen LogP contribution in [0.5, 0.6) is 0 Å². The van der Waals surface area contributed by atoms with Crippen LogP contribution in [0.3, 0.4) is 0 Å². The number of aromatic amines is 1. The fourth-order valence-electron chi connectivity index (χ4n) is 1.40. The molecular weight excluding hydrogens is 244 g/mol. The number of nitro groups is 1. The van der Waals surface area contributed by atoms with Gasteiger partial charge in [0.2, 0.25) is 5.91 Å². The first-order valence-electron chi connectivity index (χ1n) is 4.97. The zero-order chi connectivity index (χ0) is 13.7. The summed E-state index contributed by atoms with van der Waals surface area (Å²) < 4.78 is 4.50. The summed E-state index contributed by atoms with van der Waals surface area (Å²) in [5.41, 5.74) is 0.0733. The van der Waals surface area contributed by atoms with Crippen LogP contribution >= 0.6 is 0 Å². The molecule has 0 bridgehead atoms. The number of carbonyl (C=O) groups excluding carboxylic acids is 2. The van der Waals surface area contributed by atoms with E-state index >= 15 is 0 Å². The minimum Gasteiger partial charge on any atom is -0.467 e. The summed E-state index contributed by atoms with van der Waals surface area (Å²) in [7, 11) is 1.16. The number of aromatic nitrogens is 2. The Kier molecular flexibility index (Phi) is 4.35. The van der Waals surface area contributed by atoms with Crippen LogP contribution in [0.2, 0.25) is 0 Å². The summed E-state index contributed by atoms with van der Waals surface area (Å²) >= 11 is 0. The number of carbonyl (C=O) groups is 2. The molecule has 1 aromatic heterocycles. The largest absolute Gasteiger partial charge is 0.467 e. The molecule has 0 fully saturated rings. The highest BCUT2D eigenvalue weighted by atomic mass is 16.6. The Morgan fingerprint density at radius 3 is 2.83 bits per heavy atom. The quantitative estimate of drug-likeness (QED) is 0.416. The zero-order valence-corrected chi connectivity index (χ0v) is 9.80. The predicted octanol–water partition coefficient (Wildman–Crippen LogP) is -0.462. The molecule has 1 amide bonds. The lowest BCUT2D eigenvalue weighted by Gasteiger charge is -2.13. The van der Waals surface area contributed by atoms with E-state index in [2.05, 4.69) is 20.0 Å². The van der Waals surface area contributed by atoms with Crippen LogP contribution in [-0.4, -0.2) is 39.9 Å². The lowest BCUT2D eigenvalue weighted by Crippen LogP contribution is -2.42. The van der Waals surface area contributed by atoms with Gasteiger partial charge in [-0.15, -0.1) is 0 Å². The Labute approximate surface area is 102 Å². The Balaban J connectivity index is 2.88. The fraction of sp³-hybridized carbons (Fsp3) is 0.444. The first-order chi connectivity index (χ1) is 8.45. The predicted molar refractivity (Wildman–Crippen MR) is 58.6 cm³/mol. The molecule has 1 atom stereocenters. The highest BCUT2D eigenvalue weighted by Gasteiger charge is 2.26. The minimum absolute atomic E-state index is 0.0733. The number of amides is 1. The third kappa shape index (κ3) is 3.27. The van der Waals surface area contributed by atoms with Gasteiger partial charge in [0.1, 0.15) is 11.7 Å². The van der Waals surface area contributed by atoms with Crippen molar-refractivity contribution in [3.63, 3.8) is 0 Å². The van der Waals surface area contributed by atoms with E-state index in [0.717, 1.165) is 13.4 Å². The molecule has 1 rings (SSSR count). The summed E-state index contributed by atoms with van der Waals surface area (Å²) in [5.74, 6) is -1.44. The van der Waals surface area contributed by atoms with Gasteiger partial charge in [-0.25, -0.2) is 14.8 Å². The molecule has 0 radical (unpaired) electrons. The third-order valence-electron chi connectivity index (χ3n) is 2.14. The van der Waals surface area contributed by atoms with Crippen LogP contribution in [0, 0.1) is 10.1 Å². The molecular formula is C9H12N4O5. The molecule has 0 spiro atoms. The highest BCUT2D eigenvalue weighted by molar-refractivity contribution is 5.83. The van der Waals surface area contributed by atoms with Crippen molar-refractivity contribution < 1.29 is 19.2 Å². The van der Waals surface area contributed by atoms with Crippen molar-refractivity contribution in [3.05, 3.63) is 22.1 Å². The Morgan fingerprint density at radius 1 is 1.67 bits per heavy atom. The Hall–Kier alpha value is -2.45. The van der Waals surface area contributed by atoms with Gasteiger partial charge in [-0.05, 0) is 4.92 Å². The fourth-order valence-corrected chi connectivity index (χ4v) is 1.40. The van der Waals surface area contributed by atoms with E-state index in [1.165, 1.54) is 6.92 Å². The number of hydrogen-bond donors (Lipinski definition) is 2. The van der Waals surface area contributed by atoms with E-state index in [-0.39, 0.29) is 17.9 Å². The third-order valence-corrected chi connectivity index (χ3v) is 2.14. The second kappa shape index (κ2) is 5.75. The molecule has 0 saturated carbocycles. The maximum Gasteiger partial charge on any atom is 0.343 e. The van der Waals surface area contributed by atoms with Gasteiger partial charge in [-0.3, -0.25) is 4.79 Å². The van der Waals surface area contributed by atoms with Crippen molar-refractivity contribution in [1.29, 1.82) is 0 Å². The number of hydrogen-bond acceptors (Lipinski definition) is 6. The Morgan fingerprint density at radius 2 is 2.33 bits per heavy atom. The number of H-pyrrole nitrogens is 1. The summed E-state index contributed by atoms with van der Waals surface area (Å²) in [6.45, 7) is 1.23. The number of nitrogens with zero attached hydrogens (tertiary/aromatic N) is 2. The lowest BCUT2D eigenvalue weighted by atomic mass is 10.1. The van der Waals surface area contributed by atoms with Crippen molar-refractivity contribution >= 4 is 17.7 Å². The van der Waals surface area contributed by atoms with Crippen molar-refractivity contribution in [3.8, 4) is 0 Å². The van der Waals surface area contributed by atoms with E-state index in [0.29, 0.717) is 0 Å². The van der Waals surface area contributed by atoms with Gasteiger partial charge < -0.3 is 20.2 Å². The van der Waals surface area contributed by atoms with E-state index in [1.807, 2.05) is 0 Å². The van der Waals surface area contributed by atoms with Crippen LogP contribution in [0.25, 0.3) is 0 Å². The van der Waals surface area contributed by atoms with Gasteiger partial charge >= 0.3 is 11.8 Å². The summed E-state index contributed by atoms with van der Waals surface area (Å²) in [5, 5.41) is 13.0. The van der Waals surface area contributed by atoms with Crippen molar-refractivity contribution in [2.75, 3.05) is 7.11 Å². The molecule has 9 heteroatoms. The number of imidazole rings is 1. The number of esters is 1. The molecule has 0 aliphatic heterocycles. The topological polar surface area (TPSA) is 127 Å². The second-order valence-electron chi connectivity index (χ2n) is 3.44. The van der Waals surface area contributed by atoms with Crippen LogP contribution in [0.4, 0.5) is 5.82 Å². The summed E-state index contributed by atoms with van der Waals surface area (Å²) in [6.07, 6.45) is 1.03. The Bertz CT molecular complexity index is 469. The average Bonchev–Trinajstić information content (AvgIpc) is 2.74. The standard InChI is InChI=1S/C9H12N4O5/c1-5(14)12-7(9(15)18-2)3-6-8(13(16)17)11-4-10-6/h4,7H,3H2,1-2H3,(H,10,11)(H,12,14). The molecule has 0 aromatic carbocycles. The molecule has 2 N–H and O–H groups in total. The number of nitrogens with one attached hydrogen (secondary N) is 2. The number of ether oxygens (including phenoxy) is 1. The van der Waals surface area contributed by atoms with E-state index in [1.54, 1.807) is 0 Å². The van der Waals surface area contributed by atoms with Gasteiger partial charge in [0, 0.05) is 13.3 Å². The molecule has 1 unspecified atom stereocenters. The number of methoxy groups -OCH3 is 1. The van der Waals surface area contributed by atoms with Crippen molar-refractivity contribution in [1.82, 2.24) is 15.3 Å². The van der Waals surface area contributed by atoms with Crippen LogP contribution in [-0.2, 0) is 20.7 Å². The first kappa shape index (κ1) is 13.6. The maximum absolute atomic E-state index is 11.4. The van der Waals surface area contributed by atoms with Crippen LogP contribution < -0.4 is 5.32 Å². The lowest BCUT2D eigenvalue weighted by molar-refractivity contribution is -0.390. The van der Waals surface area contributed by atoms with E-state index < -0.39 is 22.8 Å². The molecule has 1 heterocycles. The molecule has 9 nitrogen and oxygen atoms in total. The van der Waals surface area contributed by atoms with Gasteiger partial charge in [0.05, 0.1) is 7.11 Å². The first-order valence-corrected chi connectivity index (χ1v) is 4.97. The molecule has 0 aliphatic rings. The molecule has 0 saturated heterocycles. The zero-order valence-electron chi connectivity index (χ0n) is 9.80. The molecule has 0 aliphatic carbocycles. The minimum atomic E-state index is -1.01. The number of rotatable bonds is 5. The van der Waals surface area contributed by atoms with Crippen molar-refractivity contribution in [2.24, 2.45) is 0 Å². The highest BCUT2D eigenvalue weighted by Crippen LogP contribution is 2.14. The van der Waals surface area contributed by atoms with Gasteiger partial charge in [-0.1, -0.05) is 0 Å². The molecule has 1 aromatic rings. The van der Waals surface area contributed by atoms with Crippen molar-refractivity contribution in [2.45, 2.75) is 19.4 Å². The second-order valence-corrected chi connectivity index (χ2v) is 3.44.